The van der Waals surface area contributed by atoms with E-state index in [0.717, 1.165) is 51.6 Å². The van der Waals surface area contributed by atoms with Crippen LogP contribution >= 0.6 is 19.5 Å². The van der Waals surface area contributed by atoms with E-state index >= 15 is 0 Å². The molecule has 4 nitrogen and oxygen atoms in total. The average molecular weight is 404 g/mol. The van der Waals surface area contributed by atoms with Gasteiger partial charge in [-0.1, -0.05) is 77.2 Å². The van der Waals surface area contributed by atoms with E-state index in [9.17, 15) is 4.57 Å². The second-order valence-electron chi connectivity index (χ2n) is 8.21. The fourth-order valence-electron chi connectivity index (χ4n) is 4.22. The maximum absolute atomic E-state index is 14.0. The maximum atomic E-state index is 14.0. The quantitative estimate of drug-likeness (QED) is 0.312. The summed E-state index contributed by atoms with van der Waals surface area (Å²) in [5.74, 6) is 0. The molecule has 1 unspecified atom stereocenters. The predicted octanol–water partition coefficient (Wildman–Crippen LogP) is 6.57. The van der Waals surface area contributed by atoms with Crippen LogP contribution in [0, 0.1) is 0 Å². The molecule has 0 saturated heterocycles. The lowest BCUT2D eigenvalue weighted by Gasteiger charge is -2.43. The first kappa shape index (κ1) is 22.7. The second kappa shape index (κ2) is 12.1. The molecule has 0 aromatic rings. The molecule has 0 amide bonds. The lowest BCUT2D eigenvalue weighted by molar-refractivity contribution is 0.306. The van der Waals surface area contributed by atoms with Crippen molar-refractivity contribution in [1.82, 2.24) is 8.75 Å². The minimum absolute atomic E-state index is 0.400. The van der Waals surface area contributed by atoms with Crippen molar-refractivity contribution in [2.24, 2.45) is 5.50 Å². The normalized spacial score (nSPS) is 22.8. The Morgan fingerprint density at radius 3 is 1.88 bits per heavy atom. The molecule has 2 fully saturated rings. The Kier molecular flexibility index (Phi) is 10.6. The van der Waals surface area contributed by atoms with Crippen LogP contribution < -0.4 is 5.50 Å². The topological polar surface area (TPSA) is 49.6 Å². The average Bonchev–Trinajstić information content (AvgIpc) is 2.67. The van der Waals surface area contributed by atoms with E-state index in [0.29, 0.717) is 11.3 Å². The van der Waals surface area contributed by atoms with Gasteiger partial charge in [0.15, 0.2) is 0 Å². The van der Waals surface area contributed by atoms with E-state index in [2.05, 4.69) is 22.6 Å². The summed E-state index contributed by atoms with van der Waals surface area (Å²) in [7, 11) is -2.98. The molecule has 0 aliphatic heterocycles. The summed E-state index contributed by atoms with van der Waals surface area (Å²) in [4.78, 5) is 0. The molecule has 2 saturated carbocycles. The van der Waals surface area contributed by atoms with Crippen LogP contribution in [0.1, 0.15) is 104 Å². The highest BCUT2D eigenvalue weighted by Gasteiger charge is 2.40. The van der Waals surface area contributed by atoms with Crippen LogP contribution in [0.25, 0.3) is 0 Å². The highest BCUT2D eigenvalue weighted by atomic mass is 32.2. The highest BCUT2D eigenvalue weighted by Crippen LogP contribution is 2.55. The van der Waals surface area contributed by atoms with Crippen molar-refractivity contribution in [1.29, 1.82) is 0 Å². The molecule has 6 heteroatoms. The van der Waals surface area contributed by atoms with Crippen molar-refractivity contribution >= 4 is 19.5 Å². The van der Waals surface area contributed by atoms with Crippen molar-refractivity contribution in [3.05, 3.63) is 0 Å². The van der Waals surface area contributed by atoms with Crippen LogP contribution in [0.4, 0.5) is 0 Å². The van der Waals surface area contributed by atoms with Gasteiger partial charge >= 0.3 is 0 Å². The van der Waals surface area contributed by atoms with Crippen LogP contribution in [-0.2, 0) is 4.57 Å². The number of nitrogens with zero attached hydrogens (tertiary/aromatic N) is 2. The number of rotatable bonds is 11. The maximum Gasteiger partial charge on any atom is 0.291 e. The van der Waals surface area contributed by atoms with Crippen LogP contribution in [0.3, 0.4) is 0 Å². The molecule has 1 atom stereocenters. The fraction of sp³-hybridized carbons (Fsp3) is 1.00. The minimum atomic E-state index is -2.98. The molecule has 0 bridgehead atoms. The van der Waals surface area contributed by atoms with Gasteiger partial charge < -0.3 is 0 Å². The molecular formula is C20H42N3OPS. The lowest BCUT2D eigenvalue weighted by Crippen LogP contribution is -2.41. The summed E-state index contributed by atoms with van der Waals surface area (Å²) >= 11 is 1.88. The first-order valence-corrected chi connectivity index (χ1v) is 13.7. The smallest absolute Gasteiger partial charge is 0.270 e. The van der Waals surface area contributed by atoms with Crippen molar-refractivity contribution in [2.45, 2.75) is 115 Å². The molecule has 0 aromatic carbocycles. The zero-order valence-corrected chi connectivity index (χ0v) is 18.9. The van der Waals surface area contributed by atoms with Crippen molar-refractivity contribution in [2.75, 3.05) is 13.1 Å². The number of nitrogens with two attached hydrogens (primary N) is 1. The third kappa shape index (κ3) is 6.81. The van der Waals surface area contributed by atoms with Gasteiger partial charge in [-0.3, -0.25) is 10.1 Å². The molecule has 0 heterocycles. The Labute approximate surface area is 166 Å². The number of unbranched alkanes of at least 4 members (excludes halogenated alkanes) is 2. The highest BCUT2D eigenvalue weighted by molar-refractivity contribution is 8.02. The van der Waals surface area contributed by atoms with E-state index in [-0.39, 0.29) is 0 Å². The van der Waals surface area contributed by atoms with Gasteiger partial charge in [-0.25, -0.2) is 4.67 Å². The monoisotopic (exact) mass is 403 g/mol. The van der Waals surface area contributed by atoms with Crippen molar-refractivity contribution in [3.63, 3.8) is 0 Å². The summed E-state index contributed by atoms with van der Waals surface area (Å²) in [5.41, 5.74) is 6.72. The SMILES string of the molecule is CCCCN(CCCC)P(N)(=O)N(SC1CCCCC1)C1CCCCC1. The number of hydrogen-bond acceptors (Lipinski definition) is 2. The Balaban J connectivity index is 2.15. The molecule has 2 aliphatic rings. The molecular weight excluding hydrogens is 361 g/mol. The van der Waals surface area contributed by atoms with Crippen LogP contribution in [0.5, 0.6) is 0 Å². The summed E-state index contributed by atoms with van der Waals surface area (Å²) in [5, 5.41) is 0.613. The zero-order chi connectivity index (χ0) is 18.8. The summed E-state index contributed by atoms with van der Waals surface area (Å²) in [6.45, 7) is 6.15. The van der Waals surface area contributed by atoms with Gasteiger partial charge in [0.2, 0.25) is 0 Å². The van der Waals surface area contributed by atoms with Gasteiger partial charge in [0.1, 0.15) is 0 Å². The van der Waals surface area contributed by atoms with Gasteiger partial charge in [0.05, 0.1) is 0 Å². The standard InChI is InChI=1S/C20H42N3OPS/c1-3-5-17-22(18-6-4-2)25(21,24)23(19-13-9-7-10-14-19)26-20-15-11-8-12-16-20/h19-20H,3-18H2,1-2H3,(H2,21,24). The van der Waals surface area contributed by atoms with Gasteiger partial charge in [-0.05, 0) is 38.5 Å². The molecule has 26 heavy (non-hydrogen) atoms. The second-order valence-corrected chi connectivity index (χ2v) is 11.9. The largest absolute Gasteiger partial charge is 0.291 e. The van der Waals surface area contributed by atoms with Crippen LogP contribution in [0.15, 0.2) is 0 Å². The van der Waals surface area contributed by atoms with Crippen molar-refractivity contribution < 1.29 is 4.57 Å². The summed E-state index contributed by atoms with van der Waals surface area (Å²) in [6, 6.07) is 0.400. The van der Waals surface area contributed by atoms with Gasteiger partial charge in [0, 0.05) is 24.4 Å². The molecule has 0 radical (unpaired) electrons. The van der Waals surface area contributed by atoms with Gasteiger partial charge in [-0.15, -0.1) is 0 Å². The minimum Gasteiger partial charge on any atom is -0.270 e. The lowest BCUT2D eigenvalue weighted by atomic mass is 9.96. The molecule has 0 spiro atoms. The molecule has 2 aliphatic carbocycles. The summed E-state index contributed by atoms with van der Waals surface area (Å²) in [6.07, 6.45) is 17.1. The Hall–Kier alpha value is 0.460. The van der Waals surface area contributed by atoms with E-state index in [1.807, 2.05) is 11.9 Å². The molecule has 154 valence electrons. The predicted molar refractivity (Wildman–Crippen MR) is 116 cm³/mol. The van der Waals surface area contributed by atoms with E-state index in [1.165, 1.54) is 51.4 Å². The molecule has 0 aromatic heterocycles. The van der Waals surface area contributed by atoms with Crippen LogP contribution in [0.2, 0.25) is 0 Å². The molecule has 2 N–H and O–H groups in total. The fourth-order valence-corrected chi connectivity index (χ4v) is 8.50. The van der Waals surface area contributed by atoms with Crippen molar-refractivity contribution in [3.8, 4) is 0 Å². The van der Waals surface area contributed by atoms with E-state index < -0.39 is 7.59 Å². The molecule has 2 rings (SSSR count). The number of hydrogen-bond donors (Lipinski definition) is 1. The third-order valence-electron chi connectivity index (χ3n) is 5.92. The zero-order valence-electron chi connectivity index (χ0n) is 17.2. The van der Waals surface area contributed by atoms with E-state index in [4.69, 9.17) is 5.50 Å². The summed E-state index contributed by atoms with van der Waals surface area (Å²) < 4.78 is 18.4. The Bertz CT molecular complexity index is 417. The van der Waals surface area contributed by atoms with Gasteiger partial charge in [-0.2, -0.15) is 4.08 Å². The third-order valence-corrected chi connectivity index (χ3v) is 10.3. The first-order valence-electron chi connectivity index (χ1n) is 11.2. The Morgan fingerprint density at radius 2 is 1.38 bits per heavy atom. The van der Waals surface area contributed by atoms with Crippen LogP contribution in [-0.4, -0.2) is 33.1 Å². The van der Waals surface area contributed by atoms with Gasteiger partial charge in [0.25, 0.3) is 7.59 Å². The van der Waals surface area contributed by atoms with E-state index in [1.54, 1.807) is 0 Å². The Morgan fingerprint density at radius 1 is 0.885 bits per heavy atom. The first-order chi connectivity index (χ1) is 12.6.